The molecule has 1 heterocycles. The lowest BCUT2D eigenvalue weighted by atomic mass is 9.97. The minimum absolute atomic E-state index is 0.0127. The summed E-state index contributed by atoms with van der Waals surface area (Å²) in [6.07, 6.45) is 0. The number of hydrogen-bond acceptors (Lipinski definition) is 5. The predicted octanol–water partition coefficient (Wildman–Crippen LogP) is 6.27. The fourth-order valence-electron chi connectivity index (χ4n) is 4.15. The second kappa shape index (κ2) is 9.74. The van der Waals surface area contributed by atoms with E-state index in [0.29, 0.717) is 35.8 Å². The molecule has 0 unspecified atom stereocenters. The second-order valence-corrected chi connectivity index (χ2v) is 8.39. The predicted molar refractivity (Wildman–Crippen MR) is 133 cm³/mol. The fourth-order valence-corrected chi connectivity index (χ4v) is 4.15. The van der Waals surface area contributed by atoms with Crippen molar-refractivity contribution in [3.8, 4) is 17.2 Å². The molecule has 0 spiro atoms. The van der Waals surface area contributed by atoms with Gasteiger partial charge in [0.1, 0.15) is 17.2 Å². The van der Waals surface area contributed by atoms with Crippen LogP contribution < -0.4 is 9.47 Å². The van der Waals surface area contributed by atoms with Gasteiger partial charge in [-0.3, -0.25) is 4.79 Å². The zero-order valence-corrected chi connectivity index (χ0v) is 19.7. The summed E-state index contributed by atoms with van der Waals surface area (Å²) in [4.78, 5) is 12.7. The first-order valence-electron chi connectivity index (χ1n) is 11.5. The van der Waals surface area contributed by atoms with Gasteiger partial charge in [-0.25, -0.2) is 0 Å². The van der Waals surface area contributed by atoms with Crippen molar-refractivity contribution in [2.45, 2.75) is 12.7 Å². The lowest BCUT2D eigenvalue weighted by Crippen LogP contribution is -2.28. The van der Waals surface area contributed by atoms with E-state index in [1.54, 1.807) is 31.4 Å². The van der Waals surface area contributed by atoms with Crippen LogP contribution in [0.3, 0.4) is 0 Å². The third kappa shape index (κ3) is 4.69. The number of benzene rings is 4. The minimum atomic E-state index is -0.956. The number of ketones is 1. The van der Waals surface area contributed by atoms with Crippen molar-refractivity contribution in [3.63, 3.8) is 0 Å². The SMILES string of the molecule is COc1ccc(C2(c3ccc(Oc4ccc(C(=O)c5ccc(C)cc5)cc4)cc3)OCCO2)cc1. The number of methoxy groups -OCH3 is 1. The second-order valence-electron chi connectivity index (χ2n) is 8.39. The van der Waals surface area contributed by atoms with Crippen molar-refractivity contribution in [1.29, 1.82) is 0 Å². The van der Waals surface area contributed by atoms with Crippen LogP contribution in [-0.2, 0) is 15.3 Å². The van der Waals surface area contributed by atoms with Gasteiger partial charge in [-0.15, -0.1) is 0 Å². The average molecular weight is 467 g/mol. The van der Waals surface area contributed by atoms with E-state index in [0.717, 1.165) is 22.4 Å². The van der Waals surface area contributed by atoms with E-state index in [4.69, 9.17) is 18.9 Å². The Balaban J connectivity index is 1.31. The first-order valence-corrected chi connectivity index (χ1v) is 11.5. The summed E-state index contributed by atoms with van der Waals surface area (Å²) in [6.45, 7) is 3.02. The summed E-state index contributed by atoms with van der Waals surface area (Å²) >= 11 is 0. The molecule has 176 valence electrons. The molecule has 4 aromatic rings. The number of carbonyl (C=O) groups excluding carboxylic acids is 1. The molecular weight excluding hydrogens is 440 g/mol. The Morgan fingerprint density at radius 1 is 0.657 bits per heavy atom. The van der Waals surface area contributed by atoms with E-state index < -0.39 is 5.79 Å². The summed E-state index contributed by atoms with van der Waals surface area (Å²) in [5.74, 6) is 1.13. The van der Waals surface area contributed by atoms with Gasteiger partial charge < -0.3 is 18.9 Å². The van der Waals surface area contributed by atoms with Crippen LogP contribution in [0.5, 0.6) is 17.2 Å². The molecule has 5 heteroatoms. The molecule has 5 rings (SSSR count). The van der Waals surface area contributed by atoms with Gasteiger partial charge in [0.15, 0.2) is 5.78 Å². The van der Waals surface area contributed by atoms with Crippen molar-refractivity contribution in [2.75, 3.05) is 20.3 Å². The van der Waals surface area contributed by atoms with Gasteiger partial charge in [-0.2, -0.15) is 0 Å². The first-order chi connectivity index (χ1) is 17.1. The quantitative estimate of drug-likeness (QED) is 0.300. The summed E-state index contributed by atoms with van der Waals surface area (Å²) in [6, 6.07) is 30.1. The molecule has 1 fully saturated rings. The van der Waals surface area contributed by atoms with Gasteiger partial charge in [0.05, 0.1) is 20.3 Å². The van der Waals surface area contributed by atoms with E-state index >= 15 is 0 Å². The van der Waals surface area contributed by atoms with Crippen molar-refractivity contribution in [3.05, 3.63) is 125 Å². The Kier molecular flexibility index (Phi) is 6.36. The zero-order valence-electron chi connectivity index (χ0n) is 19.7. The molecule has 5 nitrogen and oxygen atoms in total. The average Bonchev–Trinajstić information content (AvgIpc) is 3.41. The number of carbonyl (C=O) groups is 1. The Hall–Kier alpha value is -3.93. The molecule has 0 radical (unpaired) electrons. The van der Waals surface area contributed by atoms with Gasteiger partial charge in [-0.1, -0.05) is 29.8 Å². The van der Waals surface area contributed by atoms with Crippen LogP contribution in [0, 0.1) is 6.92 Å². The molecule has 35 heavy (non-hydrogen) atoms. The van der Waals surface area contributed by atoms with Crippen LogP contribution >= 0.6 is 0 Å². The molecule has 1 saturated heterocycles. The van der Waals surface area contributed by atoms with E-state index in [-0.39, 0.29) is 5.78 Å². The third-order valence-corrected chi connectivity index (χ3v) is 6.06. The minimum Gasteiger partial charge on any atom is -0.497 e. The van der Waals surface area contributed by atoms with Crippen LogP contribution in [0.4, 0.5) is 0 Å². The first kappa shape index (κ1) is 22.8. The van der Waals surface area contributed by atoms with Crippen LogP contribution in [0.15, 0.2) is 97.1 Å². The lowest BCUT2D eigenvalue weighted by Gasteiger charge is -2.28. The molecule has 0 N–H and O–H groups in total. The van der Waals surface area contributed by atoms with Crippen molar-refractivity contribution in [2.24, 2.45) is 0 Å². The molecule has 1 aliphatic rings. The summed E-state index contributed by atoms with van der Waals surface area (Å²) in [5.41, 5.74) is 4.19. The van der Waals surface area contributed by atoms with Crippen molar-refractivity contribution >= 4 is 5.78 Å². The highest BCUT2D eigenvalue weighted by Crippen LogP contribution is 2.39. The molecule has 0 aromatic heterocycles. The maximum absolute atomic E-state index is 12.7. The monoisotopic (exact) mass is 466 g/mol. The molecule has 0 atom stereocenters. The Morgan fingerprint density at radius 3 is 1.57 bits per heavy atom. The van der Waals surface area contributed by atoms with Crippen molar-refractivity contribution < 1.29 is 23.7 Å². The van der Waals surface area contributed by atoms with E-state index in [9.17, 15) is 4.79 Å². The molecular formula is C30H26O5. The number of aryl methyl sites for hydroxylation is 1. The van der Waals surface area contributed by atoms with Crippen LogP contribution in [0.2, 0.25) is 0 Å². The largest absolute Gasteiger partial charge is 0.497 e. The van der Waals surface area contributed by atoms with E-state index in [2.05, 4.69) is 0 Å². The molecule has 0 bridgehead atoms. The summed E-state index contributed by atoms with van der Waals surface area (Å²) in [7, 11) is 1.64. The topological polar surface area (TPSA) is 54.0 Å². The number of hydrogen-bond donors (Lipinski definition) is 0. The number of ether oxygens (including phenoxy) is 4. The normalized spacial score (nSPS) is 14.5. The molecule has 0 aliphatic carbocycles. The third-order valence-electron chi connectivity index (χ3n) is 6.06. The maximum atomic E-state index is 12.7. The van der Waals surface area contributed by atoms with Crippen LogP contribution in [0.25, 0.3) is 0 Å². The molecule has 0 amide bonds. The Labute approximate surface area is 204 Å². The van der Waals surface area contributed by atoms with Gasteiger partial charge in [0.25, 0.3) is 0 Å². The standard InChI is InChI=1S/C30H26O5/c1-21-3-5-22(6-4-21)29(31)23-7-13-27(14-8-23)35-28-17-11-25(12-18-28)30(33-19-20-34-30)24-9-15-26(32-2)16-10-24/h3-18H,19-20H2,1-2H3. The number of rotatable bonds is 7. The van der Waals surface area contributed by atoms with Crippen molar-refractivity contribution in [1.82, 2.24) is 0 Å². The lowest BCUT2D eigenvalue weighted by molar-refractivity contribution is -0.129. The van der Waals surface area contributed by atoms with Gasteiger partial charge in [0, 0.05) is 22.3 Å². The smallest absolute Gasteiger partial charge is 0.222 e. The highest BCUT2D eigenvalue weighted by molar-refractivity contribution is 6.09. The van der Waals surface area contributed by atoms with Gasteiger partial charge in [0.2, 0.25) is 5.79 Å². The molecule has 0 saturated carbocycles. The van der Waals surface area contributed by atoms with E-state index in [1.165, 1.54) is 0 Å². The van der Waals surface area contributed by atoms with E-state index in [1.807, 2.05) is 79.7 Å². The zero-order chi connectivity index (χ0) is 24.3. The Bertz CT molecular complexity index is 1290. The highest BCUT2D eigenvalue weighted by atomic mass is 16.7. The van der Waals surface area contributed by atoms with Crippen LogP contribution in [-0.4, -0.2) is 26.1 Å². The summed E-state index contributed by atoms with van der Waals surface area (Å²) in [5, 5.41) is 0. The van der Waals surface area contributed by atoms with Crippen LogP contribution in [0.1, 0.15) is 32.6 Å². The molecule has 4 aromatic carbocycles. The maximum Gasteiger partial charge on any atom is 0.222 e. The fraction of sp³-hybridized carbons (Fsp3) is 0.167. The highest BCUT2D eigenvalue weighted by Gasteiger charge is 2.40. The van der Waals surface area contributed by atoms with Gasteiger partial charge >= 0.3 is 0 Å². The molecule has 1 aliphatic heterocycles. The Morgan fingerprint density at radius 2 is 1.09 bits per heavy atom. The summed E-state index contributed by atoms with van der Waals surface area (Å²) < 4.78 is 23.5. The van der Waals surface area contributed by atoms with Gasteiger partial charge in [-0.05, 0) is 79.7 Å².